The molecule has 0 bridgehead atoms. The lowest BCUT2D eigenvalue weighted by Crippen LogP contribution is -2.11. The van der Waals surface area contributed by atoms with E-state index in [1.807, 2.05) is 0 Å². The van der Waals surface area contributed by atoms with Gasteiger partial charge in [0, 0.05) is 22.6 Å². The highest BCUT2D eigenvalue weighted by molar-refractivity contribution is 7.15. The number of carbonyl (C=O) groups is 1. The maximum absolute atomic E-state index is 12.2. The Bertz CT molecular complexity index is 855. The molecule has 116 valence electrons. The van der Waals surface area contributed by atoms with Gasteiger partial charge in [0.15, 0.2) is 11.5 Å². The summed E-state index contributed by atoms with van der Waals surface area (Å²) in [6.07, 6.45) is 2.30. The molecule has 1 aliphatic carbocycles. The highest BCUT2D eigenvalue weighted by Crippen LogP contribution is 2.42. The summed E-state index contributed by atoms with van der Waals surface area (Å²) in [4.78, 5) is 12.2. The van der Waals surface area contributed by atoms with Crippen molar-refractivity contribution >= 4 is 34.0 Å². The molecule has 1 aromatic carbocycles. The van der Waals surface area contributed by atoms with Crippen molar-refractivity contribution in [3.05, 3.63) is 46.1 Å². The first kappa shape index (κ1) is 14.3. The predicted octanol–water partition coefficient (Wildman–Crippen LogP) is 3.98. The smallest absolute Gasteiger partial charge is 0.279 e. The number of nitrogens with zero attached hydrogens (tertiary/aromatic N) is 3. The highest BCUT2D eigenvalue weighted by Gasteiger charge is 2.28. The molecule has 0 unspecified atom stereocenters. The van der Waals surface area contributed by atoms with Crippen LogP contribution in [0.2, 0.25) is 5.02 Å². The van der Waals surface area contributed by atoms with Gasteiger partial charge in [-0.2, -0.15) is 0 Å². The molecule has 23 heavy (non-hydrogen) atoms. The number of aromatic nitrogens is 3. The van der Waals surface area contributed by atoms with Crippen LogP contribution in [0.1, 0.15) is 34.3 Å². The maximum atomic E-state index is 12.2. The van der Waals surface area contributed by atoms with Gasteiger partial charge in [0.1, 0.15) is 5.01 Å². The monoisotopic (exact) mass is 346 g/mol. The second kappa shape index (κ2) is 5.75. The average molecular weight is 347 g/mol. The molecular formula is C15H11ClN4O2S. The molecular weight excluding hydrogens is 336 g/mol. The molecule has 6 nitrogen and oxygen atoms in total. The van der Waals surface area contributed by atoms with Crippen molar-refractivity contribution in [1.29, 1.82) is 0 Å². The zero-order valence-corrected chi connectivity index (χ0v) is 13.4. The zero-order chi connectivity index (χ0) is 15.8. The van der Waals surface area contributed by atoms with Crippen molar-refractivity contribution < 1.29 is 9.32 Å². The van der Waals surface area contributed by atoms with Crippen molar-refractivity contribution in [2.24, 2.45) is 0 Å². The van der Waals surface area contributed by atoms with E-state index in [9.17, 15) is 4.79 Å². The third kappa shape index (κ3) is 3.11. The summed E-state index contributed by atoms with van der Waals surface area (Å²) in [5, 5.41) is 16.7. The molecule has 2 aromatic heterocycles. The van der Waals surface area contributed by atoms with Crippen LogP contribution in [-0.2, 0) is 0 Å². The lowest BCUT2D eigenvalue weighted by atomic mass is 10.1. The maximum Gasteiger partial charge on any atom is 0.279 e. The standard InChI is InChI=1S/C15H11ClN4O2S/c16-10-5-3-8(4-6-10)12-7-11(20-22-12)13(21)17-15-19-18-14(23-15)9-1-2-9/h3-7,9H,1-2H2,(H,17,19,21). The SMILES string of the molecule is O=C(Nc1nnc(C2CC2)s1)c1cc(-c2ccc(Cl)cc2)on1. The number of hydrogen-bond acceptors (Lipinski definition) is 6. The molecule has 0 radical (unpaired) electrons. The minimum atomic E-state index is -0.368. The minimum absolute atomic E-state index is 0.193. The molecule has 0 saturated heterocycles. The largest absolute Gasteiger partial charge is 0.355 e. The highest BCUT2D eigenvalue weighted by atomic mass is 35.5. The molecule has 0 aliphatic heterocycles. The summed E-state index contributed by atoms with van der Waals surface area (Å²) in [5.41, 5.74) is 0.992. The van der Waals surface area contributed by atoms with Gasteiger partial charge < -0.3 is 4.52 Å². The fourth-order valence-corrected chi connectivity index (χ4v) is 3.11. The predicted molar refractivity (Wildman–Crippen MR) is 86.8 cm³/mol. The number of nitrogens with one attached hydrogen (secondary N) is 1. The minimum Gasteiger partial charge on any atom is -0.355 e. The van der Waals surface area contributed by atoms with Gasteiger partial charge in [-0.25, -0.2) is 0 Å². The molecule has 1 amide bonds. The summed E-state index contributed by atoms with van der Waals surface area (Å²) in [5.74, 6) is 0.650. The number of carbonyl (C=O) groups excluding carboxylic acids is 1. The summed E-state index contributed by atoms with van der Waals surface area (Å²) in [6.45, 7) is 0. The average Bonchev–Trinajstić information content (AvgIpc) is 3.10. The van der Waals surface area contributed by atoms with Crippen molar-refractivity contribution in [1.82, 2.24) is 15.4 Å². The molecule has 1 fully saturated rings. The van der Waals surface area contributed by atoms with E-state index >= 15 is 0 Å². The van der Waals surface area contributed by atoms with E-state index in [1.165, 1.54) is 11.3 Å². The van der Waals surface area contributed by atoms with Crippen LogP contribution >= 0.6 is 22.9 Å². The Hall–Kier alpha value is -2.25. The molecule has 1 saturated carbocycles. The first-order valence-electron chi connectivity index (χ1n) is 7.06. The fraction of sp³-hybridized carbons (Fsp3) is 0.200. The van der Waals surface area contributed by atoms with Gasteiger partial charge in [-0.3, -0.25) is 10.1 Å². The van der Waals surface area contributed by atoms with Crippen LogP contribution in [0.3, 0.4) is 0 Å². The van der Waals surface area contributed by atoms with Crippen LogP contribution in [0, 0.1) is 0 Å². The van der Waals surface area contributed by atoms with Gasteiger partial charge in [-0.1, -0.05) is 28.1 Å². The summed E-state index contributed by atoms with van der Waals surface area (Å²) < 4.78 is 5.22. The molecule has 3 aromatic rings. The van der Waals surface area contributed by atoms with Gasteiger partial charge in [0.2, 0.25) is 5.13 Å². The van der Waals surface area contributed by atoms with Crippen molar-refractivity contribution in [3.63, 3.8) is 0 Å². The Morgan fingerprint density at radius 1 is 1.26 bits per heavy atom. The number of amides is 1. The normalized spacial score (nSPS) is 14.0. The Labute approximate surface area is 140 Å². The quantitative estimate of drug-likeness (QED) is 0.772. The van der Waals surface area contributed by atoms with Crippen molar-refractivity contribution in [2.45, 2.75) is 18.8 Å². The topological polar surface area (TPSA) is 80.9 Å². The second-order valence-electron chi connectivity index (χ2n) is 5.26. The third-order valence-corrected chi connectivity index (χ3v) is 4.71. The Morgan fingerprint density at radius 2 is 2.04 bits per heavy atom. The summed E-state index contributed by atoms with van der Waals surface area (Å²) >= 11 is 7.26. The van der Waals surface area contributed by atoms with Crippen LogP contribution in [0.5, 0.6) is 0 Å². The molecule has 4 rings (SSSR count). The molecule has 0 spiro atoms. The van der Waals surface area contributed by atoms with Gasteiger partial charge in [-0.05, 0) is 37.1 Å². The summed E-state index contributed by atoms with van der Waals surface area (Å²) in [6, 6.07) is 8.69. The first-order chi connectivity index (χ1) is 11.2. The molecule has 0 atom stereocenters. The lowest BCUT2D eigenvalue weighted by molar-refractivity contribution is 0.101. The van der Waals surface area contributed by atoms with Gasteiger partial charge in [0.05, 0.1) is 0 Å². The van der Waals surface area contributed by atoms with E-state index < -0.39 is 0 Å². The third-order valence-electron chi connectivity index (χ3n) is 3.46. The van der Waals surface area contributed by atoms with Crippen molar-refractivity contribution in [3.8, 4) is 11.3 Å². The Kier molecular flexibility index (Phi) is 3.59. The number of rotatable bonds is 4. The number of halogens is 1. The van der Waals surface area contributed by atoms with E-state index in [1.54, 1.807) is 30.3 Å². The Balaban J connectivity index is 1.48. The first-order valence-corrected chi connectivity index (χ1v) is 8.26. The lowest BCUT2D eigenvalue weighted by Gasteiger charge is -1.95. The van der Waals surface area contributed by atoms with E-state index in [4.69, 9.17) is 16.1 Å². The van der Waals surface area contributed by atoms with Crippen LogP contribution in [-0.4, -0.2) is 21.3 Å². The van der Waals surface area contributed by atoms with Crippen LogP contribution in [0.15, 0.2) is 34.9 Å². The van der Waals surface area contributed by atoms with Crippen LogP contribution in [0.25, 0.3) is 11.3 Å². The van der Waals surface area contributed by atoms with E-state index in [0.717, 1.165) is 23.4 Å². The van der Waals surface area contributed by atoms with Crippen molar-refractivity contribution in [2.75, 3.05) is 5.32 Å². The van der Waals surface area contributed by atoms with Gasteiger partial charge >= 0.3 is 0 Å². The number of benzene rings is 1. The number of anilines is 1. The van der Waals surface area contributed by atoms with E-state index in [0.29, 0.717) is 21.8 Å². The fourth-order valence-electron chi connectivity index (χ4n) is 2.07. The van der Waals surface area contributed by atoms with E-state index in [2.05, 4.69) is 20.7 Å². The zero-order valence-electron chi connectivity index (χ0n) is 11.8. The molecule has 2 heterocycles. The molecule has 8 heteroatoms. The van der Waals surface area contributed by atoms with Gasteiger partial charge in [-0.15, -0.1) is 10.2 Å². The Morgan fingerprint density at radius 3 is 2.78 bits per heavy atom. The summed E-state index contributed by atoms with van der Waals surface area (Å²) in [7, 11) is 0. The van der Waals surface area contributed by atoms with Crippen LogP contribution < -0.4 is 5.32 Å². The van der Waals surface area contributed by atoms with Gasteiger partial charge in [0.25, 0.3) is 5.91 Å². The van der Waals surface area contributed by atoms with Crippen LogP contribution in [0.4, 0.5) is 5.13 Å². The van der Waals surface area contributed by atoms with E-state index in [-0.39, 0.29) is 11.6 Å². The molecule has 1 aliphatic rings. The number of hydrogen-bond donors (Lipinski definition) is 1. The second-order valence-corrected chi connectivity index (χ2v) is 6.70. The molecule has 1 N–H and O–H groups in total.